The molecule has 0 radical (unpaired) electrons. The largest absolute Gasteiger partial charge is 0.454 e. The number of rotatable bonds is 2. The minimum atomic E-state index is -0.584. The summed E-state index contributed by atoms with van der Waals surface area (Å²) in [7, 11) is 0. The zero-order chi connectivity index (χ0) is 10.9. The van der Waals surface area contributed by atoms with Crippen LogP contribution in [0.25, 0.3) is 0 Å². The second kappa shape index (κ2) is 3.52. The Bertz CT molecular complexity index is 223. The van der Waals surface area contributed by atoms with Gasteiger partial charge in [-0.25, -0.2) is 0 Å². The van der Waals surface area contributed by atoms with E-state index in [0.29, 0.717) is 0 Å². The van der Waals surface area contributed by atoms with E-state index in [1.165, 1.54) is 6.92 Å². The highest BCUT2D eigenvalue weighted by Gasteiger charge is 2.41. The summed E-state index contributed by atoms with van der Waals surface area (Å²) >= 11 is 0. The molecule has 0 spiro atoms. The van der Waals surface area contributed by atoms with Gasteiger partial charge in [0.25, 0.3) is 0 Å². The van der Waals surface area contributed by atoms with Crippen molar-refractivity contribution in [2.75, 3.05) is 0 Å². The minimum Gasteiger partial charge on any atom is -0.454 e. The molecule has 1 atom stereocenters. The third kappa shape index (κ3) is 2.58. The first kappa shape index (κ1) is 12.2. The van der Waals surface area contributed by atoms with Crippen molar-refractivity contribution in [3.8, 4) is 0 Å². The van der Waals surface area contributed by atoms with E-state index >= 15 is 0 Å². The van der Waals surface area contributed by atoms with Crippen molar-refractivity contribution < 1.29 is 9.53 Å². The molecule has 0 bridgehead atoms. The van der Waals surface area contributed by atoms with E-state index in [1.54, 1.807) is 0 Å². The van der Waals surface area contributed by atoms with Gasteiger partial charge in [-0.3, -0.25) is 4.79 Å². The Morgan fingerprint density at radius 3 is 1.62 bits per heavy atom. The number of esters is 1. The van der Waals surface area contributed by atoms with E-state index < -0.39 is 5.60 Å². The first-order valence-corrected chi connectivity index (χ1v) is 4.47. The smallest absolute Gasteiger partial charge is 0.303 e. The van der Waals surface area contributed by atoms with E-state index in [2.05, 4.69) is 6.58 Å². The minimum absolute atomic E-state index is 0.134. The summed E-state index contributed by atoms with van der Waals surface area (Å²) in [5.74, 6) is -0.263. The van der Waals surface area contributed by atoms with Crippen molar-refractivity contribution in [3.05, 3.63) is 12.2 Å². The van der Waals surface area contributed by atoms with Gasteiger partial charge in [-0.05, 0) is 19.4 Å². The van der Waals surface area contributed by atoms with E-state index in [0.717, 1.165) is 5.57 Å². The van der Waals surface area contributed by atoms with Crippen LogP contribution in [-0.4, -0.2) is 11.6 Å². The lowest BCUT2D eigenvalue weighted by Gasteiger charge is -2.41. The Hall–Kier alpha value is -0.790. The van der Waals surface area contributed by atoms with E-state index in [9.17, 15) is 4.79 Å². The molecule has 0 aliphatic rings. The highest BCUT2D eigenvalue weighted by atomic mass is 16.6. The topological polar surface area (TPSA) is 26.3 Å². The summed E-state index contributed by atoms with van der Waals surface area (Å²) in [4.78, 5) is 10.9. The predicted molar refractivity (Wildman–Crippen MR) is 54.4 cm³/mol. The van der Waals surface area contributed by atoms with Gasteiger partial charge in [0.1, 0.15) is 5.60 Å². The molecule has 0 rings (SSSR count). The summed E-state index contributed by atoms with van der Waals surface area (Å²) in [6.07, 6.45) is 0. The Kier molecular flexibility index (Phi) is 3.31. The maximum Gasteiger partial charge on any atom is 0.303 e. The standard InChI is InChI=1S/C11H20O2/c1-8(2)11(7,10(4,5)6)13-9(3)12/h1H2,2-7H3. The van der Waals surface area contributed by atoms with Crippen LogP contribution >= 0.6 is 0 Å². The van der Waals surface area contributed by atoms with Gasteiger partial charge in [-0.1, -0.05) is 27.4 Å². The average Bonchev–Trinajstić information content (AvgIpc) is 1.82. The average molecular weight is 184 g/mol. The van der Waals surface area contributed by atoms with Gasteiger partial charge in [-0.2, -0.15) is 0 Å². The molecule has 13 heavy (non-hydrogen) atoms. The number of hydrogen-bond acceptors (Lipinski definition) is 2. The van der Waals surface area contributed by atoms with E-state index in [1.807, 2.05) is 34.6 Å². The summed E-state index contributed by atoms with van der Waals surface area (Å²) in [5, 5.41) is 0. The maximum atomic E-state index is 10.9. The molecule has 76 valence electrons. The first-order valence-electron chi connectivity index (χ1n) is 4.47. The number of carbonyl (C=O) groups is 1. The molecule has 0 fully saturated rings. The van der Waals surface area contributed by atoms with Crippen LogP contribution in [0.3, 0.4) is 0 Å². The SMILES string of the molecule is C=C(C)C(C)(OC(C)=O)C(C)(C)C. The highest BCUT2D eigenvalue weighted by Crippen LogP contribution is 2.38. The summed E-state index contributed by atoms with van der Waals surface area (Å²) < 4.78 is 5.33. The fourth-order valence-corrected chi connectivity index (χ4v) is 1.17. The van der Waals surface area contributed by atoms with Gasteiger partial charge in [0, 0.05) is 12.3 Å². The molecule has 0 aromatic heterocycles. The summed E-state index contributed by atoms with van der Waals surface area (Å²) in [6.45, 7) is 15.2. The van der Waals surface area contributed by atoms with Gasteiger partial charge >= 0.3 is 5.97 Å². The molecule has 0 aliphatic heterocycles. The van der Waals surface area contributed by atoms with Crippen LogP contribution < -0.4 is 0 Å². The predicted octanol–water partition coefficient (Wildman–Crippen LogP) is 2.93. The Balaban J connectivity index is 4.96. The number of hydrogen-bond donors (Lipinski definition) is 0. The Labute approximate surface area is 81.0 Å². The number of carbonyl (C=O) groups excluding carboxylic acids is 1. The van der Waals surface area contributed by atoms with Crippen LogP contribution in [0.2, 0.25) is 0 Å². The Morgan fingerprint density at radius 2 is 1.54 bits per heavy atom. The quantitative estimate of drug-likeness (QED) is 0.487. The van der Waals surface area contributed by atoms with Crippen LogP contribution in [-0.2, 0) is 9.53 Å². The summed E-state index contributed by atoms with van der Waals surface area (Å²) in [6, 6.07) is 0. The second-order valence-electron chi connectivity index (χ2n) is 4.66. The van der Waals surface area contributed by atoms with Crippen LogP contribution in [0.5, 0.6) is 0 Å². The third-order valence-electron chi connectivity index (χ3n) is 2.59. The lowest BCUT2D eigenvalue weighted by molar-refractivity contribution is -0.161. The van der Waals surface area contributed by atoms with E-state index in [4.69, 9.17) is 4.74 Å². The fourth-order valence-electron chi connectivity index (χ4n) is 1.17. The zero-order valence-electron chi connectivity index (χ0n) is 9.52. The van der Waals surface area contributed by atoms with Crippen LogP contribution in [0, 0.1) is 5.41 Å². The number of ether oxygens (including phenoxy) is 1. The molecule has 1 unspecified atom stereocenters. The highest BCUT2D eigenvalue weighted by molar-refractivity contribution is 5.67. The van der Waals surface area contributed by atoms with Crippen molar-refractivity contribution >= 4 is 5.97 Å². The second-order valence-corrected chi connectivity index (χ2v) is 4.66. The van der Waals surface area contributed by atoms with Crippen molar-refractivity contribution in [2.45, 2.75) is 47.1 Å². The van der Waals surface area contributed by atoms with Gasteiger partial charge < -0.3 is 4.74 Å². The maximum absolute atomic E-state index is 10.9. The van der Waals surface area contributed by atoms with Crippen LogP contribution in [0.15, 0.2) is 12.2 Å². The molecule has 0 aromatic carbocycles. The summed E-state index contributed by atoms with van der Waals surface area (Å²) in [5.41, 5.74) is 0.152. The van der Waals surface area contributed by atoms with Gasteiger partial charge in [0.05, 0.1) is 0 Å². The molecule has 0 saturated heterocycles. The van der Waals surface area contributed by atoms with Crippen molar-refractivity contribution in [1.29, 1.82) is 0 Å². The molecule has 0 heterocycles. The van der Waals surface area contributed by atoms with Crippen molar-refractivity contribution in [2.24, 2.45) is 5.41 Å². The molecule has 2 heteroatoms. The molecular weight excluding hydrogens is 164 g/mol. The van der Waals surface area contributed by atoms with Crippen LogP contribution in [0.4, 0.5) is 0 Å². The van der Waals surface area contributed by atoms with E-state index in [-0.39, 0.29) is 11.4 Å². The monoisotopic (exact) mass is 184 g/mol. The molecule has 0 saturated carbocycles. The normalized spacial score (nSPS) is 16.2. The van der Waals surface area contributed by atoms with Crippen molar-refractivity contribution in [1.82, 2.24) is 0 Å². The van der Waals surface area contributed by atoms with Gasteiger partial charge in [-0.15, -0.1) is 0 Å². The van der Waals surface area contributed by atoms with Crippen molar-refractivity contribution in [3.63, 3.8) is 0 Å². The fraction of sp³-hybridized carbons (Fsp3) is 0.727. The molecular formula is C11H20O2. The molecule has 2 nitrogen and oxygen atoms in total. The van der Waals surface area contributed by atoms with Gasteiger partial charge in [0.15, 0.2) is 0 Å². The van der Waals surface area contributed by atoms with Crippen LogP contribution in [0.1, 0.15) is 41.5 Å². The third-order valence-corrected chi connectivity index (χ3v) is 2.59. The molecule has 0 N–H and O–H groups in total. The Morgan fingerprint density at radius 1 is 1.15 bits per heavy atom. The first-order chi connectivity index (χ1) is 5.61. The lowest BCUT2D eigenvalue weighted by atomic mass is 9.74. The molecule has 0 amide bonds. The molecule has 0 aliphatic carbocycles. The molecule has 0 aromatic rings. The lowest BCUT2D eigenvalue weighted by Crippen LogP contribution is -2.44. The zero-order valence-corrected chi connectivity index (χ0v) is 9.52. The van der Waals surface area contributed by atoms with Gasteiger partial charge in [0.2, 0.25) is 0 Å².